The lowest BCUT2D eigenvalue weighted by molar-refractivity contribution is 0.139. The molecule has 2 nitrogen and oxygen atoms in total. The average Bonchev–Trinajstić information content (AvgIpc) is 2.67. The van der Waals surface area contributed by atoms with Gasteiger partial charge in [-0.1, -0.05) is 6.08 Å². The minimum atomic E-state index is -0.220. The summed E-state index contributed by atoms with van der Waals surface area (Å²) >= 11 is 0. The predicted molar refractivity (Wildman–Crippen MR) is 56.3 cm³/mol. The highest BCUT2D eigenvalue weighted by atomic mass is 19.1. The average molecular weight is 205 g/mol. The van der Waals surface area contributed by atoms with Crippen molar-refractivity contribution in [1.29, 1.82) is 0 Å². The van der Waals surface area contributed by atoms with Crippen molar-refractivity contribution in [2.24, 2.45) is 0 Å². The lowest BCUT2D eigenvalue weighted by atomic mass is 9.97. The zero-order valence-corrected chi connectivity index (χ0v) is 8.29. The van der Waals surface area contributed by atoms with Crippen LogP contribution >= 0.6 is 0 Å². The Morgan fingerprint density at radius 3 is 3.13 bits per heavy atom. The molecule has 3 rings (SSSR count). The number of fused-ring (bicyclic) bond motifs is 1. The first-order valence-corrected chi connectivity index (χ1v) is 5.16. The Morgan fingerprint density at radius 2 is 2.33 bits per heavy atom. The maximum absolute atomic E-state index is 13.0. The molecule has 3 heteroatoms. The SMILES string of the molecule is Fc1ccc2c(c1)C=CC1(CCNC1)O2. The normalized spacial score (nSPS) is 27.8. The highest BCUT2D eigenvalue weighted by Gasteiger charge is 2.35. The molecule has 2 aliphatic heterocycles. The molecule has 1 spiro atoms. The molecule has 15 heavy (non-hydrogen) atoms. The summed E-state index contributed by atoms with van der Waals surface area (Å²) in [7, 11) is 0. The standard InChI is InChI=1S/C12H12FNO/c13-10-1-2-11-9(7-10)3-4-12(15-11)5-6-14-8-12/h1-4,7,14H,5-6,8H2. The van der Waals surface area contributed by atoms with E-state index in [9.17, 15) is 4.39 Å². The van der Waals surface area contributed by atoms with Crippen molar-refractivity contribution < 1.29 is 9.13 Å². The van der Waals surface area contributed by atoms with Gasteiger partial charge in [0, 0.05) is 18.5 Å². The monoisotopic (exact) mass is 205 g/mol. The highest BCUT2D eigenvalue weighted by molar-refractivity contribution is 5.61. The van der Waals surface area contributed by atoms with Crippen LogP contribution in [-0.4, -0.2) is 18.7 Å². The summed E-state index contributed by atoms with van der Waals surface area (Å²) in [5, 5.41) is 3.27. The second-order valence-corrected chi connectivity index (χ2v) is 4.11. The van der Waals surface area contributed by atoms with Gasteiger partial charge in [-0.25, -0.2) is 4.39 Å². The molecular weight excluding hydrogens is 193 g/mol. The quantitative estimate of drug-likeness (QED) is 0.699. The first kappa shape index (κ1) is 8.92. The molecule has 1 aromatic rings. The molecule has 1 aromatic carbocycles. The third-order valence-corrected chi connectivity index (χ3v) is 3.00. The Balaban J connectivity index is 2.00. The van der Waals surface area contributed by atoms with Gasteiger partial charge in [0.05, 0.1) is 0 Å². The van der Waals surface area contributed by atoms with Crippen molar-refractivity contribution in [2.45, 2.75) is 12.0 Å². The van der Waals surface area contributed by atoms with Crippen molar-refractivity contribution in [1.82, 2.24) is 5.32 Å². The zero-order valence-electron chi connectivity index (χ0n) is 8.29. The summed E-state index contributed by atoms with van der Waals surface area (Å²) in [4.78, 5) is 0. The minimum Gasteiger partial charge on any atom is -0.481 e. The summed E-state index contributed by atoms with van der Waals surface area (Å²) < 4.78 is 18.9. The molecule has 0 saturated carbocycles. The molecule has 1 atom stereocenters. The smallest absolute Gasteiger partial charge is 0.141 e. The number of halogens is 1. The number of benzene rings is 1. The predicted octanol–water partition coefficient (Wildman–Crippen LogP) is 1.96. The van der Waals surface area contributed by atoms with E-state index in [-0.39, 0.29) is 11.4 Å². The topological polar surface area (TPSA) is 21.3 Å². The number of hydrogen-bond acceptors (Lipinski definition) is 2. The molecule has 1 fully saturated rings. The van der Waals surface area contributed by atoms with E-state index >= 15 is 0 Å². The van der Waals surface area contributed by atoms with Crippen molar-refractivity contribution in [3.63, 3.8) is 0 Å². The molecule has 0 amide bonds. The molecule has 1 saturated heterocycles. The number of hydrogen-bond donors (Lipinski definition) is 1. The molecule has 0 aliphatic carbocycles. The van der Waals surface area contributed by atoms with Gasteiger partial charge < -0.3 is 10.1 Å². The fourth-order valence-electron chi connectivity index (χ4n) is 2.15. The Labute approximate surface area is 87.7 Å². The molecule has 78 valence electrons. The van der Waals surface area contributed by atoms with E-state index in [1.807, 2.05) is 12.2 Å². The van der Waals surface area contributed by atoms with Crippen molar-refractivity contribution in [2.75, 3.05) is 13.1 Å². The van der Waals surface area contributed by atoms with Crippen LogP contribution in [0.3, 0.4) is 0 Å². The maximum atomic E-state index is 13.0. The first-order chi connectivity index (χ1) is 7.27. The maximum Gasteiger partial charge on any atom is 0.141 e. The van der Waals surface area contributed by atoms with Crippen LogP contribution in [-0.2, 0) is 0 Å². The molecule has 0 bridgehead atoms. The van der Waals surface area contributed by atoms with Gasteiger partial charge in [-0.15, -0.1) is 0 Å². The van der Waals surface area contributed by atoms with Gasteiger partial charge in [0.15, 0.2) is 0 Å². The van der Waals surface area contributed by atoms with Crippen LogP contribution < -0.4 is 10.1 Å². The van der Waals surface area contributed by atoms with Crippen LogP contribution in [0.5, 0.6) is 5.75 Å². The fraction of sp³-hybridized carbons (Fsp3) is 0.333. The van der Waals surface area contributed by atoms with E-state index in [1.54, 1.807) is 6.07 Å². The van der Waals surface area contributed by atoms with E-state index < -0.39 is 0 Å². The van der Waals surface area contributed by atoms with Gasteiger partial charge in [0.2, 0.25) is 0 Å². The lowest BCUT2D eigenvalue weighted by Crippen LogP contribution is -2.37. The van der Waals surface area contributed by atoms with Crippen molar-refractivity contribution in [3.05, 3.63) is 35.7 Å². The van der Waals surface area contributed by atoms with Crippen LogP contribution in [0, 0.1) is 5.82 Å². The summed E-state index contributed by atoms with van der Waals surface area (Å²) in [5.41, 5.74) is 0.623. The number of rotatable bonds is 0. The van der Waals surface area contributed by atoms with Crippen LogP contribution in [0.4, 0.5) is 4.39 Å². The van der Waals surface area contributed by atoms with E-state index in [2.05, 4.69) is 5.32 Å². The van der Waals surface area contributed by atoms with Crippen LogP contribution in [0.1, 0.15) is 12.0 Å². The second kappa shape index (κ2) is 3.07. The highest BCUT2D eigenvalue weighted by Crippen LogP contribution is 2.34. The molecule has 2 aliphatic rings. The molecule has 0 aromatic heterocycles. The summed E-state index contributed by atoms with van der Waals surface area (Å²) in [6.45, 7) is 1.81. The molecule has 2 heterocycles. The van der Waals surface area contributed by atoms with Gasteiger partial charge in [0.25, 0.3) is 0 Å². The molecule has 0 radical (unpaired) electrons. The van der Waals surface area contributed by atoms with Crippen molar-refractivity contribution >= 4 is 6.08 Å². The summed E-state index contributed by atoms with van der Waals surface area (Å²) in [6.07, 6.45) is 4.96. The largest absolute Gasteiger partial charge is 0.481 e. The van der Waals surface area contributed by atoms with Crippen molar-refractivity contribution in [3.8, 4) is 5.75 Å². The Kier molecular flexibility index (Phi) is 1.83. The summed E-state index contributed by atoms with van der Waals surface area (Å²) in [6, 6.07) is 4.64. The van der Waals surface area contributed by atoms with E-state index in [1.165, 1.54) is 12.1 Å². The lowest BCUT2D eigenvalue weighted by Gasteiger charge is -2.30. The fourth-order valence-corrected chi connectivity index (χ4v) is 2.15. The van der Waals surface area contributed by atoms with Crippen LogP contribution in [0.25, 0.3) is 6.08 Å². The van der Waals surface area contributed by atoms with Gasteiger partial charge >= 0.3 is 0 Å². The number of ether oxygens (including phenoxy) is 1. The van der Waals surface area contributed by atoms with Gasteiger partial charge in [-0.05, 0) is 30.8 Å². The summed E-state index contributed by atoms with van der Waals surface area (Å²) in [5.74, 6) is 0.560. The van der Waals surface area contributed by atoms with Crippen LogP contribution in [0.2, 0.25) is 0 Å². The van der Waals surface area contributed by atoms with Gasteiger partial charge in [-0.3, -0.25) is 0 Å². The Hall–Kier alpha value is -1.35. The second-order valence-electron chi connectivity index (χ2n) is 4.11. The Bertz CT molecular complexity index is 422. The van der Waals surface area contributed by atoms with E-state index in [0.717, 1.165) is 30.8 Å². The Morgan fingerprint density at radius 1 is 1.40 bits per heavy atom. The van der Waals surface area contributed by atoms with Gasteiger partial charge in [0.1, 0.15) is 17.2 Å². The molecule has 1 N–H and O–H groups in total. The van der Waals surface area contributed by atoms with E-state index in [4.69, 9.17) is 4.74 Å². The third-order valence-electron chi connectivity index (χ3n) is 3.00. The van der Waals surface area contributed by atoms with Crippen LogP contribution in [0.15, 0.2) is 24.3 Å². The van der Waals surface area contributed by atoms with E-state index in [0.29, 0.717) is 0 Å². The first-order valence-electron chi connectivity index (χ1n) is 5.16. The number of nitrogens with one attached hydrogen (secondary N) is 1. The molecular formula is C12H12FNO. The van der Waals surface area contributed by atoms with Gasteiger partial charge in [-0.2, -0.15) is 0 Å². The minimum absolute atomic E-state index is 0.204. The zero-order chi connectivity index (χ0) is 10.3. The third kappa shape index (κ3) is 1.43. The molecule has 1 unspecified atom stereocenters.